The zero-order chi connectivity index (χ0) is 16.8. The van der Waals surface area contributed by atoms with E-state index in [4.69, 9.17) is 0 Å². The number of aryl methyl sites for hydroxylation is 2. The Kier molecular flexibility index (Phi) is 3.96. The molecule has 5 heteroatoms. The molecule has 0 saturated heterocycles. The van der Waals surface area contributed by atoms with Crippen molar-refractivity contribution in [3.63, 3.8) is 0 Å². The molecule has 0 aromatic heterocycles. The molecule has 118 valence electrons. The van der Waals surface area contributed by atoms with Crippen molar-refractivity contribution >= 4 is 9.84 Å². The number of phenolic OH excluding ortho intramolecular Hbond substituents is 2. The molecule has 0 aliphatic heterocycles. The second-order valence-corrected chi connectivity index (χ2v) is 7.57. The van der Waals surface area contributed by atoms with E-state index in [-0.39, 0.29) is 21.3 Å². The van der Waals surface area contributed by atoms with Crippen molar-refractivity contribution in [1.29, 1.82) is 0 Å². The van der Waals surface area contributed by atoms with Gasteiger partial charge in [-0.1, -0.05) is 0 Å². The van der Waals surface area contributed by atoms with Gasteiger partial charge >= 0.3 is 0 Å². The van der Waals surface area contributed by atoms with Gasteiger partial charge in [-0.15, -0.1) is 0 Å². The fraction of sp³-hybridized carbons (Fsp3) is 0.294. The monoisotopic (exact) mass is 320 g/mol. The van der Waals surface area contributed by atoms with Crippen molar-refractivity contribution in [2.45, 2.75) is 44.4 Å². The summed E-state index contributed by atoms with van der Waals surface area (Å²) < 4.78 is 25.8. The molecule has 22 heavy (non-hydrogen) atoms. The number of phenols is 2. The van der Waals surface area contributed by atoms with Crippen LogP contribution in [-0.4, -0.2) is 18.6 Å². The van der Waals surface area contributed by atoms with E-state index in [0.29, 0.717) is 16.7 Å². The largest absolute Gasteiger partial charge is 0.508 e. The highest BCUT2D eigenvalue weighted by atomic mass is 32.2. The van der Waals surface area contributed by atoms with E-state index in [1.165, 1.54) is 18.2 Å². The number of hydrogen-bond acceptors (Lipinski definition) is 4. The Morgan fingerprint density at radius 2 is 1.27 bits per heavy atom. The van der Waals surface area contributed by atoms with Crippen molar-refractivity contribution < 1.29 is 18.6 Å². The molecule has 0 fully saturated rings. The summed E-state index contributed by atoms with van der Waals surface area (Å²) in [7, 11) is -3.92. The van der Waals surface area contributed by atoms with Gasteiger partial charge in [0, 0.05) is 0 Å². The highest BCUT2D eigenvalue weighted by Crippen LogP contribution is 2.37. The highest BCUT2D eigenvalue weighted by molar-refractivity contribution is 7.91. The summed E-state index contributed by atoms with van der Waals surface area (Å²) in [5, 5.41) is 20.0. The third-order valence-electron chi connectivity index (χ3n) is 4.27. The normalized spacial score (nSPS) is 11.7. The first kappa shape index (κ1) is 16.4. The van der Waals surface area contributed by atoms with Gasteiger partial charge in [-0.3, -0.25) is 0 Å². The molecule has 2 aromatic rings. The Bertz CT molecular complexity index is 865. The van der Waals surface area contributed by atoms with Gasteiger partial charge in [-0.25, -0.2) is 8.42 Å². The highest BCUT2D eigenvalue weighted by Gasteiger charge is 2.26. The Morgan fingerprint density at radius 1 is 0.727 bits per heavy atom. The lowest BCUT2D eigenvalue weighted by atomic mass is 10.0. The zero-order valence-corrected chi connectivity index (χ0v) is 14.2. The second-order valence-electron chi connectivity index (χ2n) is 5.68. The molecule has 2 N–H and O–H groups in total. The minimum absolute atomic E-state index is 0.0166. The molecular weight excluding hydrogens is 300 g/mol. The summed E-state index contributed by atoms with van der Waals surface area (Å²) >= 11 is 0. The fourth-order valence-electron chi connectivity index (χ4n) is 2.44. The van der Waals surface area contributed by atoms with Crippen molar-refractivity contribution in [3.8, 4) is 11.5 Å². The SMILES string of the molecule is Cc1cc(O)cc(S(=O)(=O)c2cc(C)c(C)c(C)c2O)c1C. The van der Waals surface area contributed by atoms with Crippen molar-refractivity contribution in [3.05, 3.63) is 46.0 Å². The molecule has 2 rings (SSSR count). The van der Waals surface area contributed by atoms with E-state index in [1.54, 1.807) is 27.7 Å². The molecule has 0 aliphatic carbocycles. The summed E-state index contributed by atoms with van der Waals surface area (Å²) in [6, 6.07) is 4.22. The van der Waals surface area contributed by atoms with Crippen LogP contribution in [0.15, 0.2) is 28.0 Å². The van der Waals surface area contributed by atoms with Crippen LogP contribution < -0.4 is 0 Å². The third kappa shape index (κ3) is 2.46. The Morgan fingerprint density at radius 3 is 1.86 bits per heavy atom. The van der Waals surface area contributed by atoms with Crippen LogP contribution in [0.25, 0.3) is 0 Å². The molecule has 0 unspecified atom stereocenters. The number of rotatable bonds is 2. The molecule has 0 bridgehead atoms. The number of aromatic hydroxyl groups is 2. The average Bonchev–Trinajstić information content (AvgIpc) is 2.44. The van der Waals surface area contributed by atoms with Gasteiger partial charge < -0.3 is 10.2 Å². The summed E-state index contributed by atoms with van der Waals surface area (Å²) in [4.78, 5) is -0.107. The fourth-order valence-corrected chi connectivity index (χ4v) is 4.26. The van der Waals surface area contributed by atoms with Gasteiger partial charge in [-0.2, -0.15) is 0 Å². The quantitative estimate of drug-likeness (QED) is 0.888. The lowest BCUT2D eigenvalue weighted by molar-refractivity contribution is 0.453. The minimum atomic E-state index is -3.92. The lowest BCUT2D eigenvalue weighted by Crippen LogP contribution is -2.07. The van der Waals surface area contributed by atoms with Gasteiger partial charge in [0.25, 0.3) is 0 Å². The maximum atomic E-state index is 12.9. The Hall–Kier alpha value is -2.01. The standard InChI is InChI=1S/C17H20O4S/c1-9-6-14(18)8-15(12(9)4)22(20,21)16-7-10(2)11(3)13(5)17(16)19/h6-8,18-19H,1-5H3. The van der Waals surface area contributed by atoms with E-state index >= 15 is 0 Å². The number of sulfone groups is 1. The van der Waals surface area contributed by atoms with Crippen LogP contribution in [0.1, 0.15) is 27.8 Å². The molecule has 0 aliphatic rings. The third-order valence-corrected chi connectivity index (χ3v) is 6.17. The average molecular weight is 320 g/mol. The second kappa shape index (κ2) is 5.32. The summed E-state index contributed by atoms with van der Waals surface area (Å²) in [5.41, 5.74) is 3.45. The summed E-state index contributed by atoms with van der Waals surface area (Å²) in [5.74, 6) is -0.342. The number of hydrogen-bond donors (Lipinski definition) is 2. The van der Waals surface area contributed by atoms with Gasteiger partial charge in [0.1, 0.15) is 16.4 Å². The maximum absolute atomic E-state index is 12.9. The Labute approximate surface area is 131 Å². The summed E-state index contributed by atoms with van der Waals surface area (Å²) in [6.45, 7) is 8.76. The maximum Gasteiger partial charge on any atom is 0.210 e. The molecular formula is C17H20O4S. The van der Waals surface area contributed by atoms with Crippen LogP contribution in [0.3, 0.4) is 0 Å². The van der Waals surface area contributed by atoms with Crippen LogP contribution in [-0.2, 0) is 9.84 Å². The molecule has 0 radical (unpaired) electrons. The first-order valence-corrected chi connectivity index (χ1v) is 8.40. The first-order chi connectivity index (χ1) is 10.1. The molecule has 0 amide bonds. The molecule has 0 heterocycles. The van der Waals surface area contributed by atoms with Gasteiger partial charge in [0.15, 0.2) is 0 Å². The van der Waals surface area contributed by atoms with E-state index in [0.717, 1.165) is 11.1 Å². The molecule has 0 saturated carbocycles. The predicted molar refractivity (Wildman–Crippen MR) is 85.4 cm³/mol. The van der Waals surface area contributed by atoms with E-state index in [9.17, 15) is 18.6 Å². The van der Waals surface area contributed by atoms with Crippen LogP contribution in [0.4, 0.5) is 0 Å². The van der Waals surface area contributed by atoms with Crippen molar-refractivity contribution in [2.75, 3.05) is 0 Å². The van der Waals surface area contributed by atoms with Crippen molar-refractivity contribution in [1.82, 2.24) is 0 Å². The lowest BCUT2D eigenvalue weighted by Gasteiger charge is -2.15. The molecule has 4 nitrogen and oxygen atoms in total. The number of benzene rings is 2. The molecule has 2 aromatic carbocycles. The van der Waals surface area contributed by atoms with Crippen LogP contribution in [0.5, 0.6) is 11.5 Å². The van der Waals surface area contributed by atoms with Crippen LogP contribution >= 0.6 is 0 Å². The zero-order valence-electron chi connectivity index (χ0n) is 13.4. The van der Waals surface area contributed by atoms with Gasteiger partial charge in [-0.05, 0) is 80.6 Å². The topological polar surface area (TPSA) is 74.6 Å². The Balaban J connectivity index is 2.83. The van der Waals surface area contributed by atoms with E-state index in [2.05, 4.69) is 0 Å². The van der Waals surface area contributed by atoms with Crippen molar-refractivity contribution in [2.24, 2.45) is 0 Å². The van der Waals surface area contributed by atoms with Gasteiger partial charge in [0.05, 0.1) is 4.90 Å². The van der Waals surface area contributed by atoms with Gasteiger partial charge in [0.2, 0.25) is 9.84 Å². The molecule has 0 atom stereocenters. The van der Waals surface area contributed by atoms with Crippen LogP contribution in [0.2, 0.25) is 0 Å². The first-order valence-electron chi connectivity index (χ1n) is 6.92. The van der Waals surface area contributed by atoms with Crippen LogP contribution in [0, 0.1) is 34.6 Å². The van der Waals surface area contributed by atoms with E-state index in [1.807, 2.05) is 6.92 Å². The minimum Gasteiger partial charge on any atom is -0.508 e. The smallest absolute Gasteiger partial charge is 0.210 e. The summed E-state index contributed by atoms with van der Waals surface area (Å²) in [6.07, 6.45) is 0. The predicted octanol–water partition coefficient (Wildman–Crippen LogP) is 3.47. The van der Waals surface area contributed by atoms with E-state index < -0.39 is 9.84 Å². The molecule has 0 spiro atoms.